The molecule has 0 aliphatic heterocycles. The number of benzene rings is 1. The van der Waals surface area contributed by atoms with Crippen LogP contribution in [0.25, 0.3) is 0 Å². The molecule has 7 heteroatoms. The summed E-state index contributed by atoms with van der Waals surface area (Å²) < 4.78 is 22.4. The molecule has 0 saturated carbocycles. The Morgan fingerprint density at radius 2 is 1.91 bits per heavy atom. The number of nitrogens with zero attached hydrogens (tertiary/aromatic N) is 1. The van der Waals surface area contributed by atoms with E-state index in [4.69, 9.17) is 5.14 Å². The SMILES string of the molecule is CCNC(=NCCc1ccc(S(N)(=O)=O)cc1)NC1CC=CC1. The summed E-state index contributed by atoms with van der Waals surface area (Å²) in [5.41, 5.74) is 1.03. The first-order chi connectivity index (χ1) is 11.0. The molecule has 0 unspecified atom stereocenters. The van der Waals surface area contributed by atoms with Gasteiger partial charge in [-0.1, -0.05) is 24.3 Å². The lowest BCUT2D eigenvalue weighted by atomic mass is 10.1. The lowest BCUT2D eigenvalue weighted by molar-refractivity contribution is 0.598. The highest BCUT2D eigenvalue weighted by Crippen LogP contribution is 2.10. The Morgan fingerprint density at radius 3 is 2.48 bits per heavy atom. The standard InChI is InChI=1S/C16H24N4O2S/c1-2-18-16(20-14-5-3-4-6-14)19-12-11-13-7-9-15(10-8-13)23(17,21)22/h3-4,7-10,14H,2,5-6,11-12H2,1H3,(H2,17,21,22)(H2,18,19,20). The van der Waals surface area contributed by atoms with Crippen molar-refractivity contribution < 1.29 is 8.42 Å². The van der Waals surface area contributed by atoms with Gasteiger partial charge in [0.05, 0.1) is 4.90 Å². The minimum atomic E-state index is -3.63. The zero-order valence-corrected chi connectivity index (χ0v) is 14.1. The molecule has 126 valence electrons. The number of hydrogen-bond donors (Lipinski definition) is 3. The number of rotatable bonds is 6. The summed E-state index contributed by atoms with van der Waals surface area (Å²) in [7, 11) is -3.63. The highest BCUT2D eigenvalue weighted by Gasteiger charge is 2.11. The number of hydrogen-bond acceptors (Lipinski definition) is 3. The van der Waals surface area contributed by atoms with Gasteiger partial charge in [-0.25, -0.2) is 13.6 Å². The van der Waals surface area contributed by atoms with Gasteiger partial charge in [0.25, 0.3) is 0 Å². The van der Waals surface area contributed by atoms with Crippen LogP contribution in [0, 0.1) is 0 Å². The van der Waals surface area contributed by atoms with Crippen molar-refractivity contribution >= 4 is 16.0 Å². The van der Waals surface area contributed by atoms with Gasteiger partial charge in [-0.3, -0.25) is 4.99 Å². The molecule has 0 saturated heterocycles. The number of sulfonamides is 1. The van der Waals surface area contributed by atoms with Crippen molar-refractivity contribution in [1.82, 2.24) is 10.6 Å². The van der Waals surface area contributed by atoms with E-state index < -0.39 is 10.0 Å². The maximum Gasteiger partial charge on any atom is 0.238 e. The molecule has 0 spiro atoms. The number of nitrogens with one attached hydrogen (secondary N) is 2. The Labute approximate surface area is 137 Å². The molecule has 1 aliphatic carbocycles. The average molecular weight is 336 g/mol. The fourth-order valence-electron chi connectivity index (χ4n) is 2.39. The molecule has 1 aliphatic rings. The summed E-state index contributed by atoms with van der Waals surface area (Å²) in [5.74, 6) is 0.822. The maximum atomic E-state index is 11.2. The Bertz CT molecular complexity index is 658. The molecule has 0 fully saturated rings. The van der Waals surface area contributed by atoms with E-state index >= 15 is 0 Å². The van der Waals surface area contributed by atoms with Crippen LogP contribution in [0.4, 0.5) is 0 Å². The summed E-state index contributed by atoms with van der Waals surface area (Å²) in [6, 6.07) is 7.03. The molecule has 1 aromatic carbocycles. The van der Waals surface area contributed by atoms with Crippen LogP contribution in [0.1, 0.15) is 25.3 Å². The number of nitrogens with two attached hydrogens (primary N) is 1. The first kappa shape index (κ1) is 17.5. The fourth-order valence-corrected chi connectivity index (χ4v) is 2.91. The summed E-state index contributed by atoms with van der Waals surface area (Å²) in [5, 5.41) is 11.7. The van der Waals surface area contributed by atoms with E-state index in [2.05, 4.69) is 27.8 Å². The number of guanidine groups is 1. The van der Waals surface area contributed by atoms with E-state index in [9.17, 15) is 8.42 Å². The average Bonchev–Trinajstić information content (AvgIpc) is 3.00. The second-order valence-corrected chi connectivity index (χ2v) is 7.05. The first-order valence-corrected chi connectivity index (χ1v) is 9.35. The zero-order chi connectivity index (χ0) is 16.7. The van der Waals surface area contributed by atoms with Crippen LogP contribution < -0.4 is 15.8 Å². The highest BCUT2D eigenvalue weighted by molar-refractivity contribution is 7.89. The molecule has 6 nitrogen and oxygen atoms in total. The molecule has 0 heterocycles. The summed E-state index contributed by atoms with van der Waals surface area (Å²) in [6.07, 6.45) is 7.14. The van der Waals surface area contributed by atoms with Crippen molar-refractivity contribution in [2.45, 2.75) is 37.1 Å². The van der Waals surface area contributed by atoms with E-state index in [0.29, 0.717) is 12.6 Å². The molecule has 0 aromatic heterocycles. The van der Waals surface area contributed by atoms with Gasteiger partial charge in [-0.2, -0.15) is 0 Å². The van der Waals surface area contributed by atoms with Gasteiger partial charge < -0.3 is 10.6 Å². The van der Waals surface area contributed by atoms with Crippen molar-refractivity contribution in [3.8, 4) is 0 Å². The van der Waals surface area contributed by atoms with E-state index in [1.165, 1.54) is 12.1 Å². The molecule has 23 heavy (non-hydrogen) atoms. The molecule has 2 rings (SSSR count). The Morgan fingerprint density at radius 1 is 1.26 bits per heavy atom. The van der Waals surface area contributed by atoms with Crippen molar-refractivity contribution in [2.24, 2.45) is 10.1 Å². The van der Waals surface area contributed by atoms with Gasteiger partial charge in [-0.15, -0.1) is 0 Å². The Kier molecular flexibility index (Phi) is 6.18. The maximum absolute atomic E-state index is 11.2. The largest absolute Gasteiger partial charge is 0.357 e. The van der Waals surface area contributed by atoms with Crippen LogP contribution in [0.15, 0.2) is 46.3 Å². The third kappa shape index (κ3) is 5.69. The molecule has 1 aromatic rings. The third-order valence-electron chi connectivity index (χ3n) is 3.62. The second kappa shape index (κ2) is 8.12. The van der Waals surface area contributed by atoms with Crippen LogP contribution in [-0.4, -0.2) is 33.5 Å². The third-order valence-corrected chi connectivity index (χ3v) is 4.54. The summed E-state index contributed by atoms with van der Waals surface area (Å²) >= 11 is 0. The Hall–Kier alpha value is -1.86. The molecular formula is C16H24N4O2S. The van der Waals surface area contributed by atoms with Gasteiger partial charge in [0.2, 0.25) is 10.0 Å². The summed E-state index contributed by atoms with van der Waals surface area (Å²) in [4.78, 5) is 4.70. The van der Waals surface area contributed by atoms with Crippen molar-refractivity contribution in [2.75, 3.05) is 13.1 Å². The van der Waals surface area contributed by atoms with E-state index in [0.717, 1.165) is 37.3 Å². The van der Waals surface area contributed by atoms with Crippen LogP contribution in [0.2, 0.25) is 0 Å². The molecule has 0 bridgehead atoms. The lowest BCUT2D eigenvalue weighted by Gasteiger charge is -2.16. The highest BCUT2D eigenvalue weighted by atomic mass is 32.2. The normalized spacial score (nSPS) is 15.8. The summed E-state index contributed by atoms with van der Waals surface area (Å²) in [6.45, 7) is 3.48. The lowest BCUT2D eigenvalue weighted by Crippen LogP contribution is -2.42. The van der Waals surface area contributed by atoms with Crippen molar-refractivity contribution in [1.29, 1.82) is 0 Å². The van der Waals surface area contributed by atoms with Gasteiger partial charge >= 0.3 is 0 Å². The van der Waals surface area contributed by atoms with E-state index in [-0.39, 0.29) is 4.90 Å². The van der Waals surface area contributed by atoms with E-state index in [1.54, 1.807) is 12.1 Å². The fraction of sp³-hybridized carbons (Fsp3) is 0.438. The monoisotopic (exact) mass is 336 g/mol. The first-order valence-electron chi connectivity index (χ1n) is 7.80. The molecule has 0 atom stereocenters. The quantitative estimate of drug-likeness (QED) is 0.412. The van der Waals surface area contributed by atoms with Crippen LogP contribution in [0.3, 0.4) is 0 Å². The second-order valence-electron chi connectivity index (χ2n) is 5.48. The minimum Gasteiger partial charge on any atom is -0.357 e. The molecule has 0 radical (unpaired) electrons. The van der Waals surface area contributed by atoms with Gasteiger partial charge in [0.15, 0.2) is 5.96 Å². The molecule has 4 N–H and O–H groups in total. The smallest absolute Gasteiger partial charge is 0.238 e. The molecule has 0 amide bonds. The van der Waals surface area contributed by atoms with Gasteiger partial charge in [-0.05, 0) is 43.9 Å². The predicted octanol–water partition coefficient (Wildman–Crippen LogP) is 1.15. The topological polar surface area (TPSA) is 96.6 Å². The van der Waals surface area contributed by atoms with Crippen molar-refractivity contribution in [3.63, 3.8) is 0 Å². The predicted molar refractivity (Wildman–Crippen MR) is 92.8 cm³/mol. The molecular weight excluding hydrogens is 312 g/mol. The van der Waals surface area contributed by atoms with E-state index in [1.807, 2.05) is 6.92 Å². The van der Waals surface area contributed by atoms with Crippen molar-refractivity contribution in [3.05, 3.63) is 42.0 Å². The zero-order valence-electron chi connectivity index (χ0n) is 13.3. The van der Waals surface area contributed by atoms with Gasteiger partial charge in [0, 0.05) is 19.1 Å². The van der Waals surface area contributed by atoms with Crippen LogP contribution >= 0.6 is 0 Å². The Balaban J connectivity index is 1.89. The van der Waals surface area contributed by atoms with Gasteiger partial charge in [0.1, 0.15) is 0 Å². The minimum absolute atomic E-state index is 0.133. The van der Waals surface area contributed by atoms with Crippen LogP contribution in [0.5, 0.6) is 0 Å². The van der Waals surface area contributed by atoms with Crippen LogP contribution in [-0.2, 0) is 16.4 Å². The number of aliphatic imine (C=N–C) groups is 1. The number of primary sulfonamides is 1.